The lowest BCUT2D eigenvalue weighted by molar-refractivity contribution is 0.100. The number of guanidine groups is 1. The van der Waals surface area contributed by atoms with Crippen LogP contribution < -0.4 is 11.5 Å². The Morgan fingerprint density at radius 1 is 1.17 bits per heavy atom. The van der Waals surface area contributed by atoms with Gasteiger partial charge in [0.2, 0.25) is 0 Å². The molecular formula is C15H10Cl2N4O2. The van der Waals surface area contributed by atoms with Gasteiger partial charge in [-0.15, -0.1) is 0 Å². The molecule has 2 aromatic rings. The fraction of sp³-hybridized carbons (Fsp3) is 0. The number of nitrogens with two attached hydrogens (primary N) is 2. The van der Waals surface area contributed by atoms with Crippen LogP contribution in [0.2, 0.25) is 10.0 Å². The van der Waals surface area contributed by atoms with E-state index in [-0.39, 0.29) is 22.6 Å². The van der Waals surface area contributed by atoms with E-state index in [0.29, 0.717) is 15.6 Å². The highest BCUT2D eigenvalue weighted by atomic mass is 35.5. The Bertz CT molecular complexity index is 848. The molecule has 116 valence electrons. The lowest BCUT2D eigenvalue weighted by Crippen LogP contribution is -2.24. The first-order chi connectivity index (χ1) is 10.8. The van der Waals surface area contributed by atoms with Crippen molar-refractivity contribution in [1.82, 2.24) is 0 Å². The Balaban J connectivity index is 2.85. The maximum absolute atomic E-state index is 12.2. The van der Waals surface area contributed by atoms with Crippen molar-refractivity contribution in [3.8, 4) is 16.9 Å². The first kappa shape index (κ1) is 16.6. The van der Waals surface area contributed by atoms with Crippen LogP contribution in [0.25, 0.3) is 16.0 Å². The lowest BCUT2D eigenvalue weighted by atomic mass is 9.96. The molecule has 2 rings (SSSR count). The van der Waals surface area contributed by atoms with Crippen LogP contribution in [0, 0.1) is 6.57 Å². The van der Waals surface area contributed by atoms with E-state index in [1.807, 2.05) is 0 Å². The van der Waals surface area contributed by atoms with Crippen LogP contribution in [0.5, 0.6) is 5.75 Å². The van der Waals surface area contributed by atoms with Crippen molar-refractivity contribution >= 4 is 40.8 Å². The van der Waals surface area contributed by atoms with Gasteiger partial charge in [-0.25, -0.2) is 4.85 Å². The number of hydrogen-bond donors (Lipinski definition) is 3. The lowest BCUT2D eigenvalue weighted by Gasteiger charge is -2.12. The number of hydrogen-bond acceptors (Lipinski definition) is 2. The summed E-state index contributed by atoms with van der Waals surface area (Å²) in [6.07, 6.45) is 0. The average molecular weight is 349 g/mol. The molecule has 0 heterocycles. The third kappa shape index (κ3) is 3.54. The van der Waals surface area contributed by atoms with E-state index in [0.717, 1.165) is 0 Å². The molecule has 0 bridgehead atoms. The number of aromatic hydroxyl groups is 1. The van der Waals surface area contributed by atoms with Gasteiger partial charge in [-0.05, 0) is 29.8 Å². The van der Waals surface area contributed by atoms with Crippen molar-refractivity contribution in [2.24, 2.45) is 16.5 Å². The van der Waals surface area contributed by atoms with Gasteiger partial charge in [0, 0.05) is 15.6 Å². The SMILES string of the molecule is [C-]#[N+]c1ccc(O)c(C(=O)N=C(N)N)c1-c1cc(Cl)cc(Cl)c1. The Kier molecular flexibility index (Phi) is 4.74. The van der Waals surface area contributed by atoms with Crippen LogP contribution in [-0.4, -0.2) is 17.0 Å². The second kappa shape index (κ2) is 6.57. The molecule has 0 aliphatic heterocycles. The van der Waals surface area contributed by atoms with Gasteiger partial charge in [-0.1, -0.05) is 29.3 Å². The number of rotatable bonds is 2. The van der Waals surface area contributed by atoms with E-state index in [4.69, 9.17) is 41.2 Å². The Hall–Kier alpha value is -2.75. The van der Waals surface area contributed by atoms with Gasteiger partial charge >= 0.3 is 0 Å². The molecule has 8 heteroatoms. The minimum Gasteiger partial charge on any atom is -0.507 e. The Morgan fingerprint density at radius 3 is 2.30 bits per heavy atom. The summed E-state index contributed by atoms with van der Waals surface area (Å²) < 4.78 is 0. The van der Waals surface area contributed by atoms with E-state index < -0.39 is 11.9 Å². The monoisotopic (exact) mass is 348 g/mol. The fourth-order valence-corrected chi connectivity index (χ4v) is 2.58. The summed E-state index contributed by atoms with van der Waals surface area (Å²) in [7, 11) is 0. The number of phenols is 1. The number of aliphatic imine (C=N–C) groups is 1. The number of amides is 1. The summed E-state index contributed by atoms with van der Waals surface area (Å²) in [6.45, 7) is 7.27. The van der Waals surface area contributed by atoms with Gasteiger partial charge in [-0.2, -0.15) is 4.99 Å². The molecule has 0 fully saturated rings. The maximum atomic E-state index is 12.2. The molecule has 0 atom stereocenters. The molecule has 0 saturated heterocycles. The van der Waals surface area contributed by atoms with E-state index >= 15 is 0 Å². The number of nitrogens with zero attached hydrogens (tertiary/aromatic N) is 2. The first-order valence-corrected chi connectivity index (χ1v) is 6.93. The van der Waals surface area contributed by atoms with Crippen LogP contribution in [0.15, 0.2) is 35.3 Å². The minimum atomic E-state index is -0.876. The predicted octanol–water partition coefficient (Wildman–Crippen LogP) is 3.33. The second-order valence-corrected chi connectivity index (χ2v) is 5.34. The third-order valence-electron chi connectivity index (χ3n) is 2.88. The normalized spacial score (nSPS) is 9.96. The predicted molar refractivity (Wildman–Crippen MR) is 90.0 cm³/mol. The second-order valence-electron chi connectivity index (χ2n) is 4.47. The third-order valence-corrected chi connectivity index (χ3v) is 3.31. The molecule has 0 unspecified atom stereocenters. The summed E-state index contributed by atoms with van der Waals surface area (Å²) in [5.74, 6) is -1.70. The van der Waals surface area contributed by atoms with Gasteiger partial charge in [-0.3, -0.25) is 4.79 Å². The van der Waals surface area contributed by atoms with E-state index in [1.54, 1.807) is 0 Å². The van der Waals surface area contributed by atoms with Gasteiger partial charge in [0.25, 0.3) is 5.91 Å². The zero-order valence-corrected chi connectivity index (χ0v) is 13.1. The molecule has 0 aliphatic carbocycles. The smallest absolute Gasteiger partial charge is 0.283 e. The summed E-state index contributed by atoms with van der Waals surface area (Å²) in [5, 5.41) is 10.7. The Labute approximate surface area is 141 Å². The van der Waals surface area contributed by atoms with Gasteiger partial charge in [0.1, 0.15) is 5.75 Å². The van der Waals surface area contributed by atoms with Crippen molar-refractivity contribution < 1.29 is 9.90 Å². The summed E-state index contributed by atoms with van der Waals surface area (Å²) in [5.41, 5.74) is 10.9. The fourth-order valence-electron chi connectivity index (χ4n) is 2.05. The van der Waals surface area contributed by atoms with Gasteiger partial charge < -0.3 is 16.6 Å². The zero-order valence-electron chi connectivity index (χ0n) is 11.5. The van der Waals surface area contributed by atoms with Crippen LogP contribution in [0.3, 0.4) is 0 Å². The first-order valence-electron chi connectivity index (χ1n) is 6.17. The minimum absolute atomic E-state index is 0.121. The maximum Gasteiger partial charge on any atom is 0.283 e. The van der Waals surface area contributed by atoms with Crippen molar-refractivity contribution in [3.63, 3.8) is 0 Å². The molecule has 0 saturated carbocycles. The molecule has 5 N–H and O–H groups in total. The van der Waals surface area contributed by atoms with Crippen molar-refractivity contribution in [2.75, 3.05) is 0 Å². The van der Waals surface area contributed by atoms with Crippen LogP contribution in [0.4, 0.5) is 5.69 Å². The molecule has 1 amide bonds. The summed E-state index contributed by atoms with van der Waals surface area (Å²) in [4.78, 5) is 19.0. The molecule has 0 aromatic heterocycles. The highest BCUT2D eigenvalue weighted by Gasteiger charge is 2.21. The summed E-state index contributed by atoms with van der Waals surface area (Å²) >= 11 is 11.9. The molecule has 2 aromatic carbocycles. The van der Waals surface area contributed by atoms with E-state index in [2.05, 4.69) is 9.84 Å². The molecule has 0 radical (unpaired) electrons. The van der Waals surface area contributed by atoms with Crippen molar-refractivity contribution in [1.29, 1.82) is 0 Å². The standard InChI is InChI=1S/C15H10Cl2N4O2/c1-20-10-2-3-11(22)13(14(23)21-15(18)19)12(10)7-4-8(16)6-9(17)5-7/h2-6,22H,(H4,18,19,21,23). The number of benzene rings is 2. The van der Waals surface area contributed by atoms with Gasteiger partial charge in [0.15, 0.2) is 11.6 Å². The summed E-state index contributed by atoms with van der Waals surface area (Å²) in [6, 6.07) is 7.13. The van der Waals surface area contributed by atoms with Crippen molar-refractivity contribution in [3.05, 3.63) is 57.4 Å². The van der Waals surface area contributed by atoms with Crippen LogP contribution in [0.1, 0.15) is 10.4 Å². The molecular weight excluding hydrogens is 339 g/mol. The molecule has 6 nitrogen and oxygen atoms in total. The Morgan fingerprint density at radius 2 is 1.78 bits per heavy atom. The highest BCUT2D eigenvalue weighted by molar-refractivity contribution is 6.35. The van der Waals surface area contributed by atoms with Crippen LogP contribution >= 0.6 is 23.2 Å². The average Bonchev–Trinajstić information content (AvgIpc) is 2.44. The van der Waals surface area contributed by atoms with E-state index in [1.165, 1.54) is 30.3 Å². The number of carbonyl (C=O) groups excluding carboxylic acids is 1. The molecule has 0 aliphatic rings. The highest BCUT2D eigenvalue weighted by Crippen LogP contribution is 2.40. The number of phenolic OH excluding ortho intramolecular Hbond substituents is 1. The quantitative estimate of drug-likeness (QED) is 0.439. The topological polar surface area (TPSA) is 106 Å². The molecule has 0 spiro atoms. The van der Waals surface area contributed by atoms with Crippen molar-refractivity contribution in [2.45, 2.75) is 0 Å². The number of halogens is 2. The zero-order chi connectivity index (χ0) is 17.1. The van der Waals surface area contributed by atoms with Gasteiger partial charge in [0.05, 0.1) is 12.1 Å². The number of carbonyl (C=O) groups is 1. The largest absolute Gasteiger partial charge is 0.507 e. The van der Waals surface area contributed by atoms with E-state index in [9.17, 15) is 9.90 Å². The van der Waals surface area contributed by atoms with Crippen LogP contribution in [-0.2, 0) is 0 Å². The molecule has 23 heavy (non-hydrogen) atoms.